The highest BCUT2D eigenvalue weighted by molar-refractivity contribution is 8.14. The fraction of sp³-hybridized carbons (Fsp3) is 0.375. The molecule has 0 fully saturated rings. The van der Waals surface area contributed by atoms with Crippen LogP contribution in [0.5, 0.6) is 0 Å². The maximum absolute atomic E-state index is 12.8. The summed E-state index contributed by atoms with van der Waals surface area (Å²) in [7, 11) is 0. The Labute approximate surface area is 202 Å². The summed E-state index contributed by atoms with van der Waals surface area (Å²) in [5.41, 5.74) is 1.46. The lowest BCUT2D eigenvalue weighted by atomic mass is 10.1. The molecular weight excluding hydrogens is 454 g/mol. The van der Waals surface area contributed by atoms with Crippen LogP contribution in [0.1, 0.15) is 43.9 Å². The number of nitrogens with zero attached hydrogens (tertiary/aromatic N) is 3. The number of nitrogens with one attached hydrogen (secondary N) is 2. The molecule has 1 aromatic heterocycles. The van der Waals surface area contributed by atoms with Gasteiger partial charge in [-0.1, -0.05) is 37.2 Å². The molecule has 0 radical (unpaired) electrons. The minimum atomic E-state index is -0.627. The second-order valence-electron chi connectivity index (χ2n) is 7.96. The van der Waals surface area contributed by atoms with E-state index in [0.717, 1.165) is 18.4 Å². The molecule has 2 aliphatic heterocycles. The first-order valence-corrected chi connectivity index (χ1v) is 12.3. The van der Waals surface area contributed by atoms with Crippen LogP contribution in [0.4, 0.5) is 5.69 Å². The predicted octanol–water partition coefficient (Wildman–Crippen LogP) is 2.98. The number of furan rings is 1. The third-order valence-corrected chi connectivity index (χ3v) is 6.43. The number of para-hydroxylation sites is 1. The summed E-state index contributed by atoms with van der Waals surface area (Å²) in [5.74, 6) is 0.729. The SMILES string of the molecule is CCCCNC(=O)CCC1C(=O)N=C2c3ccccc3N=C(SCC(=O)NCc3ccco3)N21. The van der Waals surface area contributed by atoms with Gasteiger partial charge in [-0.3, -0.25) is 19.3 Å². The molecular formula is C24H27N5O4S. The highest BCUT2D eigenvalue weighted by Gasteiger charge is 2.41. The number of thioether (sulfide) groups is 1. The van der Waals surface area contributed by atoms with Crippen molar-refractivity contribution in [2.45, 2.75) is 45.2 Å². The third kappa shape index (κ3) is 5.56. The molecule has 2 N–H and O–H groups in total. The van der Waals surface area contributed by atoms with Gasteiger partial charge in [-0.25, -0.2) is 4.99 Å². The van der Waals surface area contributed by atoms with Crippen LogP contribution in [0, 0.1) is 0 Å². The normalized spacial score (nSPS) is 16.4. The molecule has 1 aromatic carbocycles. The Balaban J connectivity index is 1.45. The molecule has 4 rings (SSSR count). The number of unbranched alkanes of at least 4 members (excludes halogenated alkanes) is 1. The summed E-state index contributed by atoms with van der Waals surface area (Å²) in [6.07, 6.45) is 4.00. The lowest BCUT2D eigenvalue weighted by Gasteiger charge is -2.31. The highest BCUT2D eigenvalue weighted by Crippen LogP contribution is 2.35. The van der Waals surface area contributed by atoms with E-state index in [4.69, 9.17) is 9.41 Å². The van der Waals surface area contributed by atoms with Crippen LogP contribution in [0.25, 0.3) is 0 Å². The average Bonchev–Trinajstić information content (AvgIpc) is 3.47. The topological polar surface area (TPSA) is 116 Å². The zero-order chi connectivity index (χ0) is 23.9. The monoisotopic (exact) mass is 481 g/mol. The maximum atomic E-state index is 12.8. The Bertz CT molecular complexity index is 1110. The van der Waals surface area contributed by atoms with E-state index in [1.807, 2.05) is 24.3 Å². The first-order chi connectivity index (χ1) is 16.6. The van der Waals surface area contributed by atoms with E-state index in [-0.39, 0.29) is 29.9 Å². The van der Waals surface area contributed by atoms with Crippen LogP contribution in [-0.4, -0.2) is 52.0 Å². The fourth-order valence-corrected chi connectivity index (χ4v) is 4.59. The molecule has 178 valence electrons. The van der Waals surface area contributed by atoms with Crippen molar-refractivity contribution < 1.29 is 18.8 Å². The average molecular weight is 482 g/mol. The second kappa shape index (κ2) is 11.1. The van der Waals surface area contributed by atoms with Gasteiger partial charge in [0, 0.05) is 18.5 Å². The number of hydrogen-bond acceptors (Lipinski definition) is 7. The third-order valence-electron chi connectivity index (χ3n) is 5.48. The molecule has 0 bridgehead atoms. The van der Waals surface area contributed by atoms with Gasteiger partial charge in [0.2, 0.25) is 11.8 Å². The van der Waals surface area contributed by atoms with Gasteiger partial charge in [0.25, 0.3) is 5.91 Å². The van der Waals surface area contributed by atoms with E-state index in [1.54, 1.807) is 23.3 Å². The maximum Gasteiger partial charge on any atom is 0.270 e. The van der Waals surface area contributed by atoms with Gasteiger partial charge < -0.3 is 15.1 Å². The van der Waals surface area contributed by atoms with Crippen molar-refractivity contribution in [3.8, 4) is 0 Å². The van der Waals surface area contributed by atoms with E-state index in [9.17, 15) is 14.4 Å². The van der Waals surface area contributed by atoms with Crippen LogP contribution in [-0.2, 0) is 20.9 Å². The summed E-state index contributed by atoms with van der Waals surface area (Å²) < 4.78 is 5.24. The minimum Gasteiger partial charge on any atom is -0.467 e. The van der Waals surface area contributed by atoms with Crippen molar-refractivity contribution in [1.29, 1.82) is 0 Å². The zero-order valence-electron chi connectivity index (χ0n) is 19.0. The standard InChI is InChI=1S/C24H27N5O4S/c1-2-3-12-25-20(30)11-10-19-23(32)28-22-17-8-4-5-9-18(17)27-24(29(19)22)34-15-21(31)26-14-16-7-6-13-33-16/h4-9,13,19H,2-3,10-12,14-15H2,1H3,(H,25,30)(H,26,31). The van der Waals surface area contributed by atoms with Crippen molar-refractivity contribution in [1.82, 2.24) is 15.5 Å². The molecule has 3 heterocycles. The summed E-state index contributed by atoms with van der Waals surface area (Å²) in [6.45, 7) is 2.99. The van der Waals surface area contributed by atoms with Crippen LogP contribution >= 0.6 is 11.8 Å². The molecule has 1 unspecified atom stereocenters. The number of amidine groups is 2. The molecule has 9 nitrogen and oxygen atoms in total. The van der Waals surface area contributed by atoms with Gasteiger partial charge >= 0.3 is 0 Å². The minimum absolute atomic E-state index is 0.0874. The zero-order valence-corrected chi connectivity index (χ0v) is 19.8. The fourth-order valence-electron chi connectivity index (χ4n) is 3.72. The molecule has 2 aromatic rings. The van der Waals surface area contributed by atoms with Crippen LogP contribution in [0.2, 0.25) is 0 Å². The van der Waals surface area contributed by atoms with Crippen molar-refractivity contribution in [3.05, 3.63) is 54.0 Å². The molecule has 10 heteroatoms. The molecule has 3 amide bonds. The first kappa shape index (κ1) is 23.7. The van der Waals surface area contributed by atoms with Gasteiger partial charge in [0.05, 0.1) is 24.2 Å². The quantitative estimate of drug-likeness (QED) is 0.504. The van der Waals surface area contributed by atoms with Crippen LogP contribution in [0.3, 0.4) is 0 Å². The number of benzene rings is 1. The molecule has 2 aliphatic rings. The van der Waals surface area contributed by atoms with Crippen molar-refractivity contribution in [3.63, 3.8) is 0 Å². The van der Waals surface area contributed by atoms with Gasteiger partial charge in [0.1, 0.15) is 17.6 Å². The number of hydrogen-bond donors (Lipinski definition) is 2. The highest BCUT2D eigenvalue weighted by atomic mass is 32.2. The number of amides is 3. The molecule has 0 spiro atoms. The number of rotatable bonds is 10. The van der Waals surface area contributed by atoms with Gasteiger partial charge in [-0.05, 0) is 37.1 Å². The molecule has 1 atom stereocenters. The number of aliphatic imine (C=N–C) groups is 2. The lowest BCUT2D eigenvalue weighted by molar-refractivity contribution is -0.122. The van der Waals surface area contributed by atoms with Crippen LogP contribution in [0.15, 0.2) is 57.1 Å². The van der Waals surface area contributed by atoms with Gasteiger partial charge in [0.15, 0.2) is 5.17 Å². The second-order valence-corrected chi connectivity index (χ2v) is 8.90. The van der Waals surface area contributed by atoms with Gasteiger partial charge in [-0.15, -0.1) is 0 Å². The molecule has 34 heavy (non-hydrogen) atoms. The largest absolute Gasteiger partial charge is 0.467 e. The van der Waals surface area contributed by atoms with Crippen molar-refractivity contribution in [2.75, 3.05) is 12.3 Å². The number of carbonyl (C=O) groups is 3. The number of fused-ring (bicyclic) bond motifs is 3. The van der Waals surface area contributed by atoms with E-state index in [1.165, 1.54) is 11.8 Å². The summed E-state index contributed by atoms with van der Waals surface area (Å²) in [6, 6.07) is 10.4. The first-order valence-electron chi connectivity index (χ1n) is 11.3. The summed E-state index contributed by atoms with van der Waals surface area (Å²) in [4.78, 5) is 48.3. The Morgan fingerprint density at radius 1 is 1.12 bits per heavy atom. The summed E-state index contributed by atoms with van der Waals surface area (Å²) in [5, 5.41) is 6.22. The van der Waals surface area contributed by atoms with Crippen molar-refractivity contribution >= 4 is 46.2 Å². The Hall–Kier alpha value is -3.40. The Morgan fingerprint density at radius 2 is 1.97 bits per heavy atom. The predicted molar refractivity (Wildman–Crippen MR) is 131 cm³/mol. The Kier molecular flexibility index (Phi) is 7.79. The smallest absolute Gasteiger partial charge is 0.270 e. The van der Waals surface area contributed by atoms with E-state index < -0.39 is 6.04 Å². The Morgan fingerprint density at radius 3 is 2.76 bits per heavy atom. The molecule has 0 saturated heterocycles. The van der Waals surface area contributed by atoms with E-state index >= 15 is 0 Å². The van der Waals surface area contributed by atoms with Crippen molar-refractivity contribution in [2.24, 2.45) is 9.98 Å². The van der Waals surface area contributed by atoms with E-state index in [2.05, 4.69) is 22.5 Å². The van der Waals surface area contributed by atoms with E-state index in [0.29, 0.717) is 42.0 Å². The molecule has 0 aliphatic carbocycles. The van der Waals surface area contributed by atoms with Gasteiger partial charge in [-0.2, -0.15) is 4.99 Å². The summed E-state index contributed by atoms with van der Waals surface area (Å²) >= 11 is 1.24. The molecule has 0 saturated carbocycles. The number of carbonyl (C=O) groups excluding carboxylic acids is 3. The van der Waals surface area contributed by atoms with Crippen LogP contribution < -0.4 is 10.6 Å². The lowest BCUT2D eigenvalue weighted by Crippen LogP contribution is -2.44.